The van der Waals surface area contributed by atoms with E-state index < -0.39 is 0 Å². The zero-order valence-electron chi connectivity index (χ0n) is 10.9. The summed E-state index contributed by atoms with van der Waals surface area (Å²) >= 11 is 5.76. The first-order valence-electron chi connectivity index (χ1n) is 6.38. The molecular formula is C13H14ClFN4O. The van der Waals surface area contributed by atoms with E-state index in [4.69, 9.17) is 16.0 Å². The monoisotopic (exact) mass is 296 g/mol. The van der Waals surface area contributed by atoms with Crippen molar-refractivity contribution in [2.75, 3.05) is 23.3 Å². The van der Waals surface area contributed by atoms with Gasteiger partial charge in [-0.1, -0.05) is 16.7 Å². The molecule has 1 aromatic heterocycles. The van der Waals surface area contributed by atoms with Crippen LogP contribution in [0, 0.1) is 12.7 Å². The lowest BCUT2D eigenvalue weighted by Crippen LogP contribution is -2.26. The van der Waals surface area contributed by atoms with Gasteiger partial charge in [-0.05, 0) is 24.6 Å². The first kappa shape index (κ1) is 13.2. The fourth-order valence-corrected chi connectivity index (χ4v) is 2.52. The highest BCUT2D eigenvalue weighted by Crippen LogP contribution is 2.27. The van der Waals surface area contributed by atoms with Gasteiger partial charge in [-0.2, -0.15) is 0 Å². The molecule has 1 atom stereocenters. The highest BCUT2D eigenvalue weighted by Gasteiger charge is 2.25. The van der Waals surface area contributed by atoms with E-state index in [1.54, 1.807) is 19.1 Å². The number of halogens is 2. The average molecular weight is 297 g/mol. The largest absolute Gasteiger partial charge is 0.408 e. The van der Waals surface area contributed by atoms with Crippen molar-refractivity contribution in [2.45, 2.75) is 19.4 Å². The van der Waals surface area contributed by atoms with Crippen molar-refractivity contribution in [3.8, 4) is 0 Å². The number of rotatable bonds is 3. The van der Waals surface area contributed by atoms with E-state index in [0.717, 1.165) is 13.0 Å². The number of aryl methyl sites for hydroxylation is 1. The number of anilines is 2. The van der Waals surface area contributed by atoms with Crippen LogP contribution in [0.3, 0.4) is 0 Å². The minimum Gasteiger partial charge on any atom is -0.408 e. The highest BCUT2D eigenvalue weighted by molar-refractivity contribution is 6.30. The van der Waals surface area contributed by atoms with Crippen molar-refractivity contribution < 1.29 is 8.81 Å². The summed E-state index contributed by atoms with van der Waals surface area (Å²) in [6.45, 7) is 3.19. The van der Waals surface area contributed by atoms with E-state index in [1.807, 2.05) is 4.90 Å². The number of nitrogens with one attached hydrogen (secondary N) is 1. The van der Waals surface area contributed by atoms with Crippen LogP contribution < -0.4 is 10.2 Å². The maximum absolute atomic E-state index is 13.9. The van der Waals surface area contributed by atoms with E-state index in [9.17, 15) is 4.39 Å². The molecule has 2 aromatic rings. The van der Waals surface area contributed by atoms with Crippen LogP contribution in [0.25, 0.3) is 0 Å². The summed E-state index contributed by atoms with van der Waals surface area (Å²) in [5.41, 5.74) is 0.570. The van der Waals surface area contributed by atoms with Crippen molar-refractivity contribution in [2.24, 2.45) is 0 Å². The van der Waals surface area contributed by atoms with E-state index in [2.05, 4.69) is 15.5 Å². The van der Waals surface area contributed by atoms with Crippen molar-refractivity contribution in [1.29, 1.82) is 0 Å². The Morgan fingerprint density at radius 1 is 1.45 bits per heavy atom. The topological polar surface area (TPSA) is 54.2 Å². The Morgan fingerprint density at radius 3 is 3.00 bits per heavy atom. The Balaban J connectivity index is 1.67. The van der Waals surface area contributed by atoms with E-state index in [0.29, 0.717) is 29.2 Å². The lowest BCUT2D eigenvalue weighted by Gasteiger charge is -2.19. The van der Waals surface area contributed by atoms with Crippen LogP contribution in [0.2, 0.25) is 5.02 Å². The van der Waals surface area contributed by atoms with Crippen LogP contribution in [-0.2, 0) is 0 Å². The second-order valence-corrected chi connectivity index (χ2v) is 5.23. The Labute approximate surface area is 120 Å². The molecule has 1 aliphatic heterocycles. The van der Waals surface area contributed by atoms with Gasteiger partial charge in [0.2, 0.25) is 5.89 Å². The van der Waals surface area contributed by atoms with E-state index in [1.165, 1.54) is 6.07 Å². The minimum absolute atomic E-state index is 0.157. The summed E-state index contributed by atoms with van der Waals surface area (Å²) in [6.07, 6.45) is 0.878. The third kappa shape index (κ3) is 2.70. The predicted octanol–water partition coefficient (Wildman–Crippen LogP) is 2.86. The molecule has 106 valence electrons. The molecule has 20 heavy (non-hydrogen) atoms. The van der Waals surface area contributed by atoms with Crippen molar-refractivity contribution in [3.05, 3.63) is 34.9 Å². The Hall–Kier alpha value is -1.82. The fourth-order valence-electron chi connectivity index (χ4n) is 2.36. The summed E-state index contributed by atoms with van der Waals surface area (Å²) in [5, 5.41) is 11.2. The third-order valence-corrected chi connectivity index (χ3v) is 3.53. The first-order valence-corrected chi connectivity index (χ1v) is 6.76. The van der Waals surface area contributed by atoms with E-state index >= 15 is 0 Å². The molecule has 2 heterocycles. The minimum atomic E-state index is -0.299. The summed E-state index contributed by atoms with van der Waals surface area (Å²) in [5.74, 6) is 0.220. The van der Waals surface area contributed by atoms with Gasteiger partial charge in [0.1, 0.15) is 5.82 Å². The van der Waals surface area contributed by atoms with Gasteiger partial charge in [-0.3, -0.25) is 0 Å². The van der Waals surface area contributed by atoms with Crippen LogP contribution in [0.5, 0.6) is 0 Å². The van der Waals surface area contributed by atoms with Crippen molar-refractivity contribution in [1.82, 2.24) is 10.2 Å². The maximum Gasteiger partial charge on any atom is 0.315 e. The van der Waals surface area contributed by atoms with Gasteiger partial charge in [0.05, 0.1) is 5.69 Å². The SMILES string of the molecule is Cc1nnc(NC2CCN(c3ccc(Cl)cc3F)C2)o1. The number of hydrogen-bond donors (Lipinski definition) is 1. The average Bonchev–Trinajstić information content (AvgIpc) is 2.99. The van der Waals surface area contributed by atoms with Gasteiger partial charge >= 0.3 is 6.01 Å². The van der Waals surface area contributed by atoms with Gasteiger partial charge in [-0.25, -0.2) is 4.39 Å². The molecule has 1 aliphatic rings. The molecule has 0 aliphatic carbocycles. The van der Waals surface area contributed by atoms with Crippen LogP contribution in [0.1, 0.15) is 12.3 Å². The molecular weight excluding hydrogens is 283 g/mol. The molecule has 5 nitrogen and oxygen atoms in total. The van der Waals surface area contributed by atoms with Gasteiger partial charge < -0.3 is 14.6 Å². The highest BCUT2D eigenvalue weighted by atomic mass is 35.5. The molecule has 1 fully saturated rings. The van der Waals surface area contributed by atoms with Crippen LogP contribution in [0.4, 0.5) is 16.1 Å². The molecule has 0 amide bonds. The normalized spacial score (nSPS) is 18.6. The van der Waals surface area contributed by atoms with Crippen molar-refractivity contribution >= 4 is 23.3 Å². The molecule has 1 unspecified atom stereocenters. The van der Waals surface area contributed by atoms with Gasteiger partial charge in [0.25, 0.3) is 0 Å². The summed E-state index contributed by atoms with van der Waals surface area (Å²) in [6, 6.07) is 5.30. The maximum atomic E-state index is 13.9. The number of benzene rings is 1. The van der Waals surface area contributed by atoms with Crippen LogP contribution >= 0.6 is 11.6 Å². The fraction of sp³-hybridized carbons (Fsp3) is 0.385. The number of nitrogens with zero attached hydrogens (tertiary/aromatic N) is 3. The second kappa shape index (κ2) is 5.28. The number of hydrogen-bond acceptors (Lipinski definition) is 5. The second-order valence-electron chi connectivity index (χ2n) is 4.80. The van der Waals surface area contributed by atoms with Crippen LogP contribution in [-0.4, -0.2) is 29.3 Å². The van der Waals surface area contributed by atoms with Gasteiger partial charge in [0, 0.05) is 31.1 Å². The van der Waals surface area contributed by atoms with Gasteiger partial charge in [-0.15, -0.1) is 5.10 Å². The molecule has 0 bridgehead atoms. The molecule has 0 radical (unpaired) electrons. The summed E-state index contributed by atoms with van der Waals surface area (Å²) < 4.78 is 19.2. The molecule has 1 N–H and O–H groups in total. The lowest BCUT2D eigenvalue weighted by molar-refractivity contribution is 0.524. The van der Waals surface area contributed by atoms with Gasteiger partial charge in [0.15, 0.2) is 0 Å². The molecule has 1 aromatic carbocycles. The first-order chi connectivity index (χ1) is 9.61. The molecule has 0 spiro atoms. The molecule has 0 saturated carbocycles. The molecule has 3 rings (SSSR count). The quantitative estimate of drug-likeness (QED) is 0.944. The van der Waals surface area contributed by atoms with Crippen LogP contribution in [0.15, 0.2) is 22.6 Å². The summed E-state index contributed by atoms with van der Waals surface area (Å²) in [4.78, 5) is 1.98. The number of aromatic nitrogens is 2. The smallest absolute Gasteiger partial charge is 0.315 e. The third-order valence-electron chi connectivity index (χ3n) is 3.29. The lowest BCUT2D eigenvalue weighted by atomic mass is 10.2. The molecule has 7 heteroatoms. The van der Waals surface area contributed by atoms with Crippen molar-refractivity contribution in [3.63, 3.8) is 0 Å². The Morgan fingerprint density at radius 2 is 2.30 bits per heavy atom. The Kier molecular flexibility index (Phi) is 3.48. The zero-order chi connectivity index (χ0) is 14.1. The zero-order valence-corrected chi connectivity index (χ0v) is 11.7. The van der Waals surface area contributed by atoms with E-state index in [-0.39, 0.29) is 11.9 Å². The standard InChI is InChI=1S/C13H14ClFN4O/c1-8-17-18-13(20-8)16-10-4-5-19(7-10)12-3-2-9(14)6-11(12)15/h2-3,6,10H,4-5,7H2,1H3,(H,16,18). The predicted molar refractivity (Wildman–Crippen MR) is 74.7 cm³/mol. The molecule has 1 saturated heterocycles. The Bertz CT molecular complexity index is 618. The summed E-state index contributed by atoms with van der Waals surface area (Å²) in [7, 11) is 0.